The summed E-state index contributed by atoms with van der Waals surface area (Å²) in [6.45, 7) is 1.74. The predicted octanol–water partition coefficient (Wildman–Crippen LogP) is 3.93. The molecular weight excluding hydrogens is 358 g/mol. The molecule has 0 unspecified atom stereocenters. The molecule has 0 aliphatic carbocycles. The molecule has 0 spiro atoms. The lowest BCUT2D eigenvalue weighted by Crippen LogP contribution is -2.15. The SMILES string of the molecule is COc1ccc(NC(=O)c2cnc(Nc3nc4ccccc4o3)nc2C)cc1. The summed E-state index contributed by atoms with van der Waals surface area (Å²) in [4.78, 5) is 25.3. The number of methoxy groups -OCH3 is 1. The Morgan fingerprint density at radius 3 is 2.57 bits per heavy atom. The Balaban J connectivity index is 1.49. The quantitative estimate of drug-likeness (QED) is 0.545. The van der Waals surface area contributed by atoms with E-state index in [-0.39, 0.29) is 11.9 Å². The Bertz CT molecular complexity index is 1110. The van der Waals surface area contributed by atoms with Crippen LogP contribution in [-0.4, -0.2) is 28.0 Å². The van der Waals surface area contributed by atoms with Crippen molar-refractivity contribution in [3.63, 3.8) is 0 Å². The molecule has 2 N–H and O–H groups in total. The van der Waals surface area contributed by atoms with Crippen molar-refractivity contribution in [2.75, 3.05) is 17.7 Å². The van der Waals surface area contributed by atoms with Gasteiger partial charge in [0.15, 0.2) is 5.58 Å². The van der Waals surface area contributed by atoms with Gasteiger partial charge in [0.05, 0.1) is 18.4 Å². The molecule has 0 atom stereocenters. The van der Waals surface area contributed by atoms with Crippen molar-refractivity contribution in [1.82, 2.24) is 15.0 Å². The van der Waals surface area contributed by atoms with Gasteiger partial charge >= 0.3 is 6.01 Å². The number of amides is 1. The Kier molecular flexibility index (Phi) is 4.59. The minimum atomic E-state index is -0.295. The van der Waals surface area contributed by atoms with Gasteiger partial charge in [-0.25, -0.2) is 9.97 Å². The van der Waals surface area contributed by atoms with Gasteiger partial charge in [0.25, 0.3) is 5.91 Å². The van der Waals surface area contributed by atoms with Gasteiger partial charge in [-0.2, -0.15) is 4.98 Å². The highest BCUT2D eigenvalue weighted by molar-refractivity contribution is 6.04. The highest BCUT2D eigenvalue weighted by Crippen LogP contribution is 2.21. The fourth-order valence-corrected chi connectivity index (χ4v) is 2.64. The molecule has 4 aromatic rings. The lowest BCUT2D eigenvalue weighted by atomic mass is 10.2. The van der Waals surface area contributed by atoms with Crippen LogP contribution in [0.3, 0.4) is 0 Å². The molecule has 8 nitrogen and oxygen atoms in total. The molecule has 8 heteroatoms. The number of nitrogens with one attached hydrogen (secondary N) is 2. The number of anilines is 3. The molecule has 0 saturated heterocycles. The number of oxazole rings is 1. The molecule has 0 saturated carbocycles. The Morgan fingerprint density at radius 1 is 1.07 bits per heavy atom. The molecule has 2 aromatic carbocycles. The van der Waals surface area contributed by atoms with Crippen molar-refractivity contribution in [1.29, 1.82) is 0 Å². The summed E-state index contributed by atoms with van der Waals surface area (Å²) in [6, 6.07) is 14.8. The number of carbonyl (C=O) groups excluding carboxylic acids is 1. The van der Waals surface area contributed by atoms with Gasteiger partial charge in [-0.15, -0.1) is 0 Å². The van der Waals surface area contributed by atoms with E-state index in [9.17, 15) is 4.79 Å². The van der Waals surface area contributed by atoms with Gasteiger partial charge in [-0.05, 0) is 43.3 Å². The van der Waals surface area contributed by atoms with Crippen LogP contribution in [0.25, 0.3) is 11.1 Å². The Morgan fingerprint density at radius 2 is 1.86 bits per heavy atom. The second kappa shape index (κ2) is 7.36. The molecule has 2 aromatic heterocycles. The first-order valence-electron chi connectivity index (χ1n) is 8.54. The van der Waals surface area contributed by atoms with Crippen molar-refractivity contribution in [3.8, 4) is 5.75 Å². The average molecular weight is 375 g/mol. The zero-order valence-corrected chi connectivity index (χ0v) is 15.3. The summed E-state index contributed by atoms with van der Waals surface area (Å²) < 4.78 is 10.7. The lowest BCUT2D eigenvalue weighted by molar-refractivity contribution is 0.102. The van der Waals surface area contributed by atoms with E-state index in [0.717, 1.165) is 5.52 Å². The maximum Gasteiger partial charge on any atom is 0.302 e. The van der Waals surface area contributed by atoms with E-state index in [1.165, 1.54) is 6.20 Å². The molecule has 4 rings (SSSR count). The summed E-state index contributed by atoms with van der Waals surface area (Å²) in [6.07, 6.45) is 1.46. The van der Waals surface area contributed by atoms with E-state index in [0.29, 0.717) is 34.2 Å². The van der Waals surface area contributed by atoms with Crippen LogP contribution in [-0.2, 0) is 0 Å². The smallest absolute Gasteiger partial charge is 0.302 e. The second-order valence-corrected chi connectivity index (χ2v) is 5.99. The van der Waals surface area contributed by atoms with E-state index < -0.39 is 0 Å². The summed E-state index contributed by atoms with van der Waals surface area (Å²) >= 11 is 0. The minimum absolute atomic E-state index is 0.288. The van der Waals surface area contributed by atoms with Crippen molar-refractivity contribution in [3.05, 3.63) is 66.0 Å². The highest BCUT2D eigenvalue weighted by Gasteiger charge is 2.14. The lowest BCUT2D eigenvalue weighted by Gasteiger charge is -2.09. The highest BCUT2D eigenvalue weighted by atomic mass is 16.5. The van der Waals surface area contributed by atoms with Crippen LogP contribution < -0.4 is 15.4 Å². The molecule has 140 valence electrons. The number of hydrogen-bond acceptors (Lipinski definition) is 7. The fraction of sp³-hybridized carbons (Fsp3) is 0.100. The largest absolute Gasteiger partial charge is 0.497 e. The van der Waals surface area contributed by atoms with Crippen LogP contribution in [0, 0.1) is 6.92 Å². The molecule has 1 amide bonds. The third kappa shape index (κ3) is 3.61. The first-order chi connectivity index (χ1) is 13.6. The second-order valence-electron chi connectivity index (χ2n) is 5.99. The number of para-hydroxylation sites is 2. The maximum absolute atomic E-state index is 12.5. The molecule has 0 bridgehead atoms. The van der Waals surface area contributed by atoms with Crippen LogP contribution in [0.15, 0.2) is 59.1 Å². The van der Waals surface area contributed by atoms with E-state index in [1.54, 1.807) is 38.3 Å². The normalized spacial score (nSPS) is 10.6. The zero-order valence-electron chi connectivity index (χ0n) is 15.3. The summed E-state index contributed by atoms with van der Waals surface area (Å²) in [7, 11) is 1.59. The monoisotopic (exact) mass is 375 g/mol. The molecule has 0 radical (unpaired) electrons. The van der Waals surface area contributed by atoms with Crippen LogP contribution in [0.5, 0.6) is 5.75 Å². The standard InChI is InChI=1S/C20H17N5O3/c1-12-15(18(26)23-13-7-9-14(27-2)10-8-13)11-21-19(22-12)25-20-24-16-5-3-4-6-17(16)28-20/h3-11H,1-2H3,(H,23,26)(H,21,22,24,25). The van der Waals surface area contributed by atoms with Crippen molar-refractivity contribution in [2.24, 2.45) is 0 Å². The summed E-state index contributed by atoms with van der Waals surface area (Å²) in [5.41, 5.74) is 2.95. The average Bonchev–Trinajstić information content (AvgIpc) is 3.11. The number of aryl methyl sites for hydroxylation is 1. The maximum atomic E-state index is 12.5. The van der Waals surface area contributed by atoms with Gasteiger partial charge in [0.2, 0.25) is 5.95 Å². The minimum Gasteiger partial charge on any atom is -0.497 e. The first-order valence-corrected chi connectivity index (χ1v) is 8.54. The van der Waals surface area contributed by atoms with Gasteiger partial charge in [-0.1, -0.05) is 12.1 Å². The van der Waals surface area contributed by atoms with Crippen molar-refractivity contribution < 1.29 is 13.9 Å². The summed E-state index contributed by atoms with van der Waals surface area (Å²) in [5, 5.41) is 5.73. The number of fused-ring (bicyclic) bond motifs is 1. The van der Waals surface area contributed by atoms with Crippen LogP contribution >= 0.6 is 0 Å². The number of aromatic nitrogens is 3. The van der Waals surface area contributed by atoms with Gasteiger partial charge in [0.1, 0.15) is 11.3 Å². The van der Waals surface area contributed by atoms with E-state index in [4.69, 9.17) is 9.15 Å². The zero-order chi connectivity index (χ0) is 19.5. The van der Waals surface area contributed by atoms with E-state index in [2.05, 4.69) is 25.6 Å². The number of rotatable bonds is 5. The number of carbonyl (C=O) groups is 1. The van der Waals surface area contributed by atoms with Gasteiger partial charge < -0.3 is 14.5 Å². The van der Waals surface area contributed by atoms with Gasteiger partial charge in [0, 0.05) is 11.9 Å². The molecule has 0 aliphatic rings. The molecular formula is C20H17N5O3. The van der Waals surface area contributed by atoms with Crippen LogP contribution in [0.2, 0.25) is 0 Å². The predicted molar refractivity (Wildman–Crippen MR) is 105 cm³/mol. The number of hydrogen-bond donors (Lipinski definition) is 2. The number of ether oxygens (including phenoxy) is 1. The fourth-order valence-electron chi connectivity index (χ4n) is 2.64. The molecule has 2 heterocycles. The molecule has 0 fully saturated rings. The number of benzene rings is 2. The Hall–Kier alpha value is -3.94. The third-order valence-corrected chi connectivity index (χ3v) is 4.08. The van der Waals surface area contributed by atoms with Crippen LogP contribution in [0.1, 0.15) is 16.1 Å². The van der Waals surface area contributed by atoms with E-state index >= 15 is 0 Å². The van der Waals surface area contributed by atoms with Crippen molar-refractivity contribution in [2.45, 2.75) is 6.92 Å². The topological polar surface area (TPSA) is 102 Å². The Labute approximate surface area is 160 Å². The van der Waals surface area contributed by atoms with Crippen molar-refractivity contribution >= 4 is 34.7 Å². The first kappa shape index (κ1) is 17.5. The number of nitrogens with zero attached hydrogens (tertiary/aromatic N) is 3. The molecule has 28 heavy (non-hydrogen) atoms. The van der Waals surface area contributed by atoms with E-state index in [1.807, 2.05) is 24.3 Å². The van der Waals surface area contributed by atoms with Crippen LogP contribution in [0.4, 0.5) is 17.7 Å². The molecule has 0 aliphatic heterocycles. The summed E-state index contributed by atoms with van der Waals surface area (Å²) in [5.74, 6) is 0.716. The third-order valence-electron chi connectivity index (χ3n) is 4.08. The van der Waals surface area contributed by atoms with Gasteiger partial charge in [-0.3, -0.25) is 10.1 Å².